The highest BCUT2D eigenvalue weighted by Gasteiger charge is 2.21. The number of nitrogens with one attached hydrogen (secondary N) is 1. The Balaban J connectivity index is 2.02. The lowest BCUT2D eigenvalue weighted by molar-refractivity contribution is 0.0719. The molecule has 0 saturated carbocycles. The van der Waals surface area contributed by atoms with Crippen molar-refractivity contribution in [2.75, 3.05) is 26.2 Å². The van der Waals surface area contributed by atoms with Crippen LogP contribution in [0.1, 0.15) is 36.5 Å². The van der Waals surface area contributed by atoms with Crippen LogP contribution in [0.4, 0.5) is 0 Å². The molecule has 4 heteroatoms. The van der Waals surface area contributed by atoms with E-state index < -0.39 is 0 Å². The minimum Gasteiger partial charge on any atom is -0.338 e. The molecule has 1 aromatic rings. The van der Waals surface area contributed by atoms with Gasteiger partial charge in [-0.05, 0) is 62.5 Å². The SMILES string of the molecule is CCCN(CC1CCCNC1)C(=O)c1ccc(Br)cc1. The van der Waals surface area contributed by atoms with E-state index in [1.165, 1.54) is 12.8 Å². The molecular weight excluding hydrogens is 316 g/mol. The highest BCUT2D eigenvalue weighted by atomic mass is 79.9. The van der Waals surface area contributed by atoms with Gasteiger partial charge in [0.1, 0.15) is 0 Å². The van der Waals surface area contributed by atoms with E-state index in [0.29, 0.717) is 5.92 Å². The summed E-state index contributed by atoms with van der Waals surface area (Å²) in [7, 11) is 0. The summed E-state index contributed by atoms with van der Waals surface area (Å²) in [6.45, 7) is 5.99. The van der Waals surface area contributed by atoms with E-state index in [9.17, 15) is 4.79 Å². The minimum atomic E-state index is 0.157. The van der Waals surface area contributed by atoms with E-state index in [4.69, 9.17) is 0 Å². The van der Waals surface area contributed by atoms with Crippen LogP contribution >= 0.6 is 15.9 Å². The molecular formula is C16H23BrN2O. The van der Waals surface area contributed by atoms with Crippen LogP contribution in [0.5, 0.6) is 0 Å². The summed E-state index contributed by atoms with van der Waals surface area (Å²) in [4.78, 5) is 14.6. The van der Waals surface area contributed by atoms with Gasteiger partial charge >= 0.3 is 0 Å². The fourth-order valence-electron chi connectivity index (χ4n) is 2.71. The molecule has 1 saturated heterocycles. The van der Waals surface area contributed by atoms with Crippen LogP contribution in [0.3, 0.4) is 0 Å². The first kappa shape index (κ1) is 15.5. The molecule has 1 unspecified atom stereocenters. The maximum Gasteiger partial charge on any atom is 0.253 e. The number of carbonyl (C=O) groups excluding carboxylic acids is 1. The van der Waals surface area contributed by atoms with Gasteiger partial charge < -0.3 is 10.2 Å². The highest BCUT2D eigenvalue weighted by molar-refractivity contribution is 9.10. The highest BCUT2D eigenvalue weighted by Crippen LogP contribution is 2.16. The summed E-state index contributed by atoms with van der Waals surface area (Å²) >= 11 is 3.41. The van der Waals surface area contributed by atoms with Gasteiger partial charge in [-0.1, -0.05) is 22.9 Å². The molecule has 2 rings (SSSR count). The Morgan fingerprint density at radius 3 is 2.75 bits per heavy atom. The van der Waals surface area contributed by atoms with Crippen molar-refractivity contribution in [1.82, 2.24) is 10.2 Å². The predicted octanol–water partition coefficient (Wildman–Crippen LogP) is 3.30. The van der Waals surface area contributed by atoms with E-state index in [1.807, 2.05) is 29.2 Å². The van der Waals surface area contributed by atoms with Crippen molar-refractivity contribution in [2.45, 2.75) is 26.2 Å². The number of nitrogens with zero attached hydrogens (tertiary/aromatic N) is 1. The van der Waals surface area contributed by atoms with Gasteiger partial charge in [0.05, 0.1) is 0 Å². The number of halogens is 1. The van der Waals surface area contributed by atoms with E-state index >= 15 is 0 Å². The van der Waals surface area contributed by atoms with Gasteiger partial charge in [0.15, 0.2) is 0 Å². The Kier molecular flexibility index (Phi) is 6.05. The minimum absolute atomic E-state index is 0.157. The molecule has 0 spiro atoms. The number of hydrogen-bond acceptors (Lipinski definition) is 2. The average Bonchev–Trinajstić information content (AvgIpc) is 2.48. The molecule has 0 aliphatic carbocycles. The Morgan fingerprint density at radius 2 is 2.15 bits per heavy atom. The van der Waals surface area contributed by atoms with Gasteiger partial charge in [0, 0.05) is 23.1 Å². The average molecular weight is 339 g/mol. The molecule has 0 bridgehead atoms. The first-order chi connectivity index (χ1) is 9.70. The lowest BCUT2D eigenvalue weighted by Crippen LogP contribution is -2.41. The van der Waals surface area contributed by atoms with E-state index in [-0.39, 0.29) is 5.91 Å². The van der Waals surface area contributed by atoms with Crippen LogP contribution in [-0.2, 0) is 0 Å². The van der Waals surface area contributed by atoms with Gasteiger partial charge in [-0.2, -0.15) is 0 Å². The maximum atomic E-state index is 12.6. The molecule has 1 aliphatic heterocycles. The molecule has 1 fully saturated rings. The zero-order valence-corrected chi connectivity index (χ0v) is 13.7. The third-order valence-electron chi connectivity index (χ3n) is 3.75. The lowest BCUT2D eigenvalue weighted by atomic mass is 9.98. The number of piperidine rings is 1. The second-order valence-electron chi connectivity index (χ2n) is 5.47. The maximum absolute atomic E-state index is 12.6. The largest absolute Gasteiger partial charge is 0.338 e. The monoisotopic (exact) mass is 338 g/mol. The fourth-order valence-corrected chi connectivity index (χ4v) is 2.98. The van der Waals surface area contributed by atoms with Crippen LogP contribution in [0.15, 0.2) is 28.7 Å². The first-order valence-electron chi connectivity index (χ1n) is 7.46. The smallest absolute Gasteiger partial charge is 0.253 e. The van der Waals surface area contributed by atoms with E-state index in [0.717, 1.165) is 42.6 Å². The Bertz CT molecular complexity index is 427. The van der Waals surface area contributed by atoms with Crippen molar-refractivity contribution in [1.29, 1.82) is 0 Å². The van der Waals surface area contributed by atoms with Gasteiger partial charge in [-0.3, -0.25) is 4.79 Å². The zero-order valence-electron chi connectivity index (χ0n) is 12.1. The normalized spacial score (nSPS) is 18.8. The van der Waals surface area contributed by atoms with Crippen LogP contribution in [0.2, 0.25) is 0 Å². The molecule has 1 atom stereocenters. The number of benzene rings is 1. The molecule has 110 valence electrons. The summed E-state index contributed by atoms with van der Waals surface area (Å²) in [6.07, 6.45) is 3.44. The Labute approximate surface area is 129 Å². The van der Waals surface area contributed by atoms with Crippen LogP contribution in [0.25, 0.3) is 0 Å². The molecule has 0 radical (unpaired) electrons. The Hall–Kier alpha value is -0.870. The second-order valence-corrected chi connectivity index (χ2v) is 6.39. The third-order valence-corrected chi connectivity index (χ3v) is 4.28. The Morgan fingerprint density at radius 1 is 1.40 bits per heavy atom. The molecule has 20 heavy (non-hydrogen) atoms. The summed E-state index contributed by atoms with van der Waals surface area (Å²) in [5.74, 6) is 0.750. The number of rotatable bonds is 5. The molecule has 1 aliphatic rings. The zero-order chi connectivity index (χ0) is 14.4. The van der Waals surface area contributed by atoms with Crippen LogP contribution in [-0.4, -0.2) is 37.0 Å². The van der Waals surface area contributed by atoms with Crippen molar-refractivity contribution in [2.24, 2.45) is 5.92 Å². The van der Waals surface area contributed by atoms with Crippen molar-refractivity contribution >= 4 is 21.8 Å². The number of amides is 1. The molecule has 0 aromatic heterocycles. The van der Waals surface area contributed by atoms with E-state index in [1.54, 1.807) is 0 Å². The van der Waals surface area contributed by atoms with Crippen molar-refractivity contribution in [3.05, 3.63) is 34.3 Å². The first-order valence-corrected chi connectivity index (χ1v) is 8.25. The molecule has 1 amide bonds. The van der Waals surface area contributed by atoms with Gasteiger partial charge in [0.2, 0.25) is 0 Å². The van der Waals surface area contributed by atoms with Crippen molar-refractivity contribution < 1.29 is 4.79 Å². The standard InChI is InChI=1S/C16H23BrN2O/c1-2-10-19(12-13-4-3-9-18-11-13)16(20)14-5-7-15(17)8-6-14/h5-8,13,18H,2-4,9-12H2,1H3. The molecule has 1 aromatic carbocycles. The van der Waals surface area contributed by atoms with Crippen molar-refractivity contribution in [3.63, 3.8) is 0 Å². The van der Waals surface area contributed by atoms with Crippen LogP contribution in [0, 0.1) is 5.92 Å². The summed E-state index contributed by atoms with van der Waals surface area (Å²) < 4.78 is 1.01. The quantitative estimate of drug-likeness (QED) is 0.893. The molecule has 1 heterocycles. The van der Waals surface area contributed by atoms with Gasteiger partial charge in [-0.15, -0.1) is 0 Å². The second kappa shape index (κ2) is 7.79. The van der Waals surface area contributed by atoms with Gasteiger partial charge in [0.25, 0.3) is 5.91 Å². The molecule has 1 N–H and O–H groups in total. The van der Waals surface area contributed by atoms with Gasteiger partial charge in [-0.25, -0.2) is 0 Å². The third kappa shape index (κ3) is 4.32. The van der Waals surface area contributed by atoms with Crippen molar-refractivity contribution in [3.8, 4) is 0 Å². The van der Waals surface area contributed by atoms with Crippen LogP contribution < -0.4 is 5.32 Å². The predicted molar refractivity (Wildman–Crippen MR) is 85.9 cm³/mol. The summed E-state index contributed by atoms with van der Waals surface area (Å²) in [5.41, 5.74) is 0.783. The fraction of sp³-hybridized carbons (Fsp3) is 0.562. The number of hydrogen-bond donors (Lipinski definition) is 1. The topological polar surface area (TPSA) is 32.3 Å². The molecule has 3 nitrogen and oxygen atoms in total. The number of carbonyl (C=O) groups is 1. The summed E-state index contributed by atoms with van der Waals surface area (Å²) in [6, 6.07) is 7.65. The van der Waals surface area contributed by atoms with E-state index in [2.05, 4.69) is 28.2 Å². The summed E-state index contributed by atoms with van der Waals surface area (Å²) in [5, 5.41) is 3.42. The lowest BCUT2D eigenvalue weighted by Gasteiger charge is -2.30.